The number of hydrogen-bond acceptors (Lipinski definition) is 2. The number of fused-ring (bicyclic) bond motifs is 1. The zero-order chi connectivity index (χ0) is 14.4. The summed E-state index contributed by atoms with van der Waals surface area (Å²) < 4.78 is 15.5. The van der Waals surface area contributed by atoms with Gasteiger partial charge in [-0.05, 0) is 24.3 Å². The largest absolute Gasteiger partial charge is 0.328 e. The molecule has 0 amide bonds. The van der Waals surface area contributed by atoms with E-state index in [2.05, 4.69) is 29.1 Å². The second-order valence-corrected chi connectivity index (χ2v) is 5.65. The summed E-state index contributed by atoms with van der Waals surface area (Å²) in [4.78, 5) is 4.55. The van der Waals surface area contributed by atoms with Crippen molar-refractivity contribution in [1.29, 1.82) is 0 Å². The maximum atomic E-state index is 13.3. The van der Waals surface area contributed by atoms with E-state index in [-0.39, 0.29) is 5.82 Å². The molecule has 0 aliphatic heterocycles. The molecule has 0 fully saturated rings. The van der Waals surface area contributed by atoms with Gasteiger partial charge in [0.25, 0.3) is 0 Å². The normalized spacial score (nSPS) is 11.3. The van der Waals surface area contributed by atoms with Gasteiger partial charge in [0, 0.05) is 19.0 Å². The third-order valence-corrected chi connectivity index (χ3v) is 3.83. The fraction of sp³-hybridized carbons (Fsp3) is 0.562. The highest BCUT2D eigenvalue weighted by Crippen LogP contribution is 2.19. The molecule has 1 heterocycles. The van der Waals surface area contributed by atoms with Gasteiger partial charge in [-0.25, -0.2) is 9.37 Å². The van der Waals surface area contributed by atoms with Crippen LogP contribution in [0.5, 0.6) is 0 Å². The van der Waals surface area contributed by atoms with E-state index in [9.17, 15) is 4.39 Å². The summed E-state index contributed by atoms with van der Waals surface area (Å²) in [6.07, 6.45) is 7.09. The minimum atomic E-state index is -0.220. The molecule has 1 aromatic carbocycles. The van der Waals surface area contributed by atoms with Crippen LogP contribution in [-0.2, 0) is 13.0 Å². The fourth-order valence-corrected chi connectivity index (χ4v) is 2.77. The van der Waals surface area contributed by atoms with E-state index in [4.69, 9.17) is 0 Å². The second-order valence-electron chi connectivity index (χ2n) is 5.20. The summed E-state index contributed by atoms with van der Waals surface area (Å²) in [5, 5.41) is 0. The van der Waals surface area contributed by atoms with E-state index in [0.29, 0.717) is 0 Å². The van der Waals surface area contributed by atoms with Crippen LogP contribution >= 0.6 is 12.6 Å². The van der Waals surface area contributed by atoms with Crippen molar-refractivity contribution in [3.8, 4) is 0 Å². The van der Waals surface area contributed by atoms with Crippen molar-refractivity contribution in [2.45, 2.75) is 52.0 Å². The van der Waals surface area contributed by atoms with E-state index in [1.807, 2.05) is 6.07 Å². The molecule has 0 bridgehead atoms. The molecule has 1 aromatic heterocycles. The Balaban J connectivity index is 2.13. The van der Waals surface area contributed by atoms with Crippen LogP contribution in [0.2, 0.25) is 0 Å². The molecular weight excluding hydrogens is 271 g/mol. The molecule has 0 spiro atoms. The van der Waals surface area contributed by atoms with Crippen LogP contribution in [0, 0.1) is 5.82 Å². The third-order valence-electron chi connectivity index (χ3n) is 3.61. The highest BCUT2D eigenvalue weighted by molar-refractivity contribution is 7.80. The van der Waals surface area contributed by atoms with Crippen molar-refractivity contribution in [3.63, 3.8) is 0 Å². The number of thiol groups is 1. The quantitative estimate of drug-likeness (QED) is 0.555. The van der Waals surface area contributed by atoms with E-state index < -0.39 is 0 Å². The van der Waals surface area contributed by atoms with Crippen molar-refractivity contribution >= 4 is 23.7 Å². The molecule has 2 aromatic rings. The molecule has 0 aliphatic carbocycles. The Kier molecular flexibility index (Phi) is 5.89. The molecule has 0 N–H and O–H groups in total. The van der Waals surface area contributed by atoms with Gasteiger partial charge in [0.15, 0.2) is 0 Å². The number of imidazole rings is 1. The topological polar surface area (TPSA) is 17.8 Å². The van der Waals surface area contributed by atoms with E-state index in [1.54, 1.807) is 0 Å². The van der Waals surface area contributed by atoms with E-state index >= 15 is 0 Å². The van der Waals surface area contributed by atoms with Crippen molar-refractivity contribution < 1.29 is 4.39 Å². The predicted octanol–water partition coefficient (Wildman–Crippen LogP) is 4.62. The molecule has 0 unspecified atom stereocenters. The fourth-order valence-electron chi connectivity index (χ4n) is 2.57. The van der Waals surface area contributed by atoms with Crippen LogP contribution < -0.4 is 0 Å². The van der Waals surface area contributed by atoms with Crippen LogP contribution in [-0.4, -0.2) is 15.3 Å². The lowest BCUT2D eigenvalue weighted by atomic mass is 10.1. The lowest BCUT2D eigenvalue weighted by Crippen LogP contribution is -2.05. The summed E-state index contributed by atoms with van der Waals surface area (Å²) in [5.74, 6) is 1.57. The average Bonchev–Trinajstić information content (AvgIpc) is 2.76. The molecule has 4 heteroatoms. The number of aromatic nitrogens is 2. The standard InChI is InChI=1S/C16H23FN2S/c1-2-3-4-5-6-10-19-15-8-7-13(17)12-14(15)18-16(19)9-11-20/h7-8,12,20H,2-6,9-11H2,1H3. The summed E-state index contributed by atoms with van der Waals surface area (Å²) in [6, 6.07) is 4.87. The maximum Gasteiger partial charge on any atom is 0.125 e. The van der Waals surface area contributed by atoms with E-state index in [0.717, 1.165) is 42.0 Å². The van der Waals surface area contributed by atoms with Crippen molar-refractivity contribution in [1.82, 2.24) is 9.55 Å². The maximum absolute atomic E-state index is 13.3. The minimum absolute atomic E-state index is 0.220. The van der Waals surface area contributed by atoms with Crippen LogP contribution in [0.25, 0.3) is 11.0 Å². The number of unbranched alkanes of at least 4 members (excludes halogenated alkanes) is 4. The van der Waals surface area contributed by atoms with Gasteiger partial charge < -0.3 is 4.57 Å². The molecule has 110 valence electrons. The number of nitrogens with zero attached hydrogens (tertiary/aromatic N) is 2. The Hall–Kier alpha value is -1.03. The second kappa shape index (κ2) is 7.67. The van der Waals surface area contributed by atoms with Gasteiger partial charge in [-0.3, -0.25) is 0 Å². The Morgan fingerprint density at radius 2 is 2.00 bits per heavy atom. The van der Waals surface area contributed by atoms with E-state index in [1.165, 1.54) is 37.8 Å². The zero-order valence-electron chi connectivity index (χ0n) is 12.1. The molecular formula is C16H23FN2S. The molecule has 20 heavy (non-hydrogen) atoms. The molecule has 0 saturated carbocycles. The van der Waals surface area contributed by atoms with Gasteiger partial charge in [0.1, 0.15) is 11.6 Å². The molecule has 0 atom stereocenters. The van der Waals surface area contributed by atoms with Gasteiger partial charge >= 0.3 is 0 Å². The third kappa shape index (κ3) is 3.75. The first kappa shape index (κ1) is 15.4. The van der Waals surface area contributed by atoms with Crippen molar-refractivity contribution in [2.24, 2.45) is 0 Å². The summed E-state index contributed by atoms with van der Waals surface area (Å²) in [6.45, 7) is 3.19. The number of benzene rings is 1. The SMILES string of the molecule is CCCCCCCn1c(CCS)nc2cc(F)ccc21. The number of hydrogen-bond donors (Lipinski definition) is 1. The Morgan fingerprint density at radius 3 is 2.75 bits per heavy atom. The first-order valence-corrected chi connectivity index (χ1v) is 8.15. The summed E-state index contributed by atoms with van der Waals surface area (Å²) in [5.41, 5.74) is 1.80. The summed E-state index contributed by atoms with van der Waals surface area (Å²) >= 11 is 4.29. The van der Waals surface area contributed by atoms with Gasteiger partial charge in [0.05, 0.1) is 11.0 Å². The van der Waals surface area contributed by atoms with Gasteiger partial charge in [-0.15, -0.1) is 0 Å². The van der Waals surface area contributed by atoms with Crippen molar-refractivity contribution in [2.75, 3.05) is 5.75 Å². The smallest absolute Gasteiger partial charge is 0.125 e. The van der Waals surface area contributed by atoms with Crippen LogP contribution in [0.1, 0.15) is 44.9 Å². The Labute approximate surface area is 125 Å². The number of aryl methyl sites for hydroxylation is 2. The van der Waals surface area contributed by atoms with Crippen molar-refractivity contribution in [3.05, 3.63) is 29.8 Å². The first-order valence-electron chi connectivity index (χ1n) is 7.51. The molecule has 2 rings (SSSR count). The predicted molar refractivity (Wildman–Crippen MR) is 86.0 cm³/mol. The zero-order valence-corrected chi connectivity index (χ0v) is 13.0. The van der Waals surface area contributed by atoms with Gasteiger partial charge in [-0.1, -0.05) is 32.6 Å². The number of halogens is 1. The van der Waals surface area contributed by atoms with Crippen LogP contribution in [0.4, 0.5) is 4.39 Å². The lowest BCUT2D eigenvalue weighted by molar-refractivity contribution is 0.564. The average molecular weight is 294 g/mol. The number of rotatable bonds is 8. The molecule has 2 nitrogen and oxygen atoms in total. The Morgan fingerprint density at radius 1 is 1.20 bits per heavy atom. The Bertz CT molecular complexity index is 551. The molecule has 0 saturated heterocycles. The molecule has 0 radical (unpaired) electrons. The summed E-state index contributed by atoms with van der Waals surface area (Å²) in [7, 11) is 0. The highest BCUT2D eigenvalue weighted by Gasteiger charge is 2.10. The van der Waals surface area contributed by atoms with Gasteiger partial charge in [-0.2, -0.15) is 12.6 Å². The minimum Gasteiger partial charge on any atom is -0.328 e. The molecule has 0 aliphatic rings. The van der Waals surface area contributed by atoms with Gasteiger partial charge in [0.2, 0.25) is 0 Å². The van der Waals surface area contributed by atoms with Crippen LogP contribution in [0.15, 0.2) is 18.2 Å². The monoisotopic (exact) mass is 294 g/mol. The lowest BCUT2D eigenvalue weighted by Gasteiger charge is -2.08. The first-order chi connectivity index (χ1) is 9.76. The highest BCUT2D eigenvalue weighted by atomic mass is 32.1. The van der Waals surface area contributed by atoms with Crippen LogP contribution in [0.3, 0.4) is 0 Å².